The van der Waals surface area contributed by atoms with Crippen molar-refractivity contribution >= 4 is 37.5 Å². The van der Waals surface area contributed by atoms with Crippen molar-refractivity contribution in [2.45, 2.75) is 13.0 Å². The van der Waals surface area contributed by atoms with Gasteiger partial charge in [0.05, 0.1) is 15.2 Å². The highest BCUT2D eigenvalue weighted by atomic mass is 79.9. The van der Waals surface area contributed by atoms with E-state index in [0.29, 0.717) is 12.1 Å². The zero-order valence-corrected chi connectivity index (χ0v) is 13.7. The van der Waals surface area contributed by atoms with Crippen LogP contribution in [0.15, 0.2) is 46.9 Å². The molecule has 0 aliphatic heterocycles. The second-order valence-electron chi connectivity index (χ2n) is 4.74. The minimum atomic E-state index is -0.183. The summed E-state index contributed by atoms with van der Waals surface area (Å²) < 4.78 is 15.6. The van der Waals surface area contributed by atoms with E-state index in [1.165, 1.54) is 10.8 Å². The largest absolute Gasteiger partial charge is 0.312 e. The lowest BCUT2D eigenvalue weighted by Gasteiger charge is -2.05. The first-order valence-electron chi connectivity index (χ1n) is 6.71. The van der Waals surface area contributed by atoms with Crippen molar-refractivity contribution in [2.24, 2.45) is 0 Å². The molecule has 5 heteroatoms. The molecule has 0 aliphatic carbocycles. The molecule has 0 aliphatic rings. The Bertz CT molecular complexity index is 724. The summed E-state index contributed by atoms with van der Waals surface area (Å²) >= 11 is 4.98. The molecule has 2 nitrogen and oxygen atoms in total. The number of aromatic nitrogens is 1. The fourth-order valence-corrected chi connectivity index (χ4v) is 3.41. The van der Waals surface area contributed by atoms with Gasteiger partial charge in [0.25, 0.3) is 0 Å². The van der Waals surface area contributed by atoms with Crippen LogP contribution in [0.3, 0.4) is 0 Å². The molecule has 3 aromatic rings. The monoisotopic (exact) mass is 364 g/mol. The number of hydrogen-bond donors (Lipinski definition) is 1. The average Bonchev–Trinajstić information content (AvgIpc) is 2.88. The molecule has 0 spiro atoms. The number of benzene rings is 2. The van der Waals surface area contributed by atoms with Crippen molar-refractivity contribution in [3.63, 3.8) is 0 Å². The molecular formula is C16H14BrFN2S. The zero-order chi connectivity index (χ0) is 14.7. The molecule has 0 atom stereocenters. The lowest BCUT2D eigenvalue weighted by atomic mass is 10.2. The van der Waals surface area contributed by atoms with E-state index in [1.54, 1.807) is 17.4 Å². The van der Waals surface area contributed by atoms with Crippen molar-refractivity contribution in [3.05, 3.63) is 63.3 Å². The van der Waals surface area contributed by atoms with Gasteiger partial charge in [-0.15, -0.1) is 11.3 Å². The third-order valence-corrected chi connectivity index (χ3v) is 4.77. The quantitative estimate of drug-likeness (QED) is 0.672. The Balaban J connectivity index is 1.54. The Morgan fingerprint density at radius 1 is 1.19 bits per heavy atom. The summed E-state index contributed by atoms with van der Waals surface area (Å²) in [6, 6.07) is 13.3. The van der Waals surface area contributed by atoms with Crippen LogP contribution in [0.5, 0.6) is 0 Å². The second-order valence-corrected chi connectivity index (χ2v) is 6.77. The first-order chi connectivity index (χ1) is 10.2. The smallest absolute Gasteiger partial charge is 0.128 e. The molecule has 0 saturated carbocycles. The SMILES string of the molecule is Fc1cc(Br)ccc1CNCCc1nc2ccccc2s1. The van der Waals surface area contributed by atoms with E-state index in [0.717, 1.165) is 28.0 Å². The molecule has 1 aromatic heterocycles. The van der Waals surface area contributed by atoms with Crippen molar-refractivity contribution in [2.75, 3.05) is 6.54 Å². The van der Waals surface area contributed by atoms with Crippen LogP contribution in [0.25, 0.3) is 10.2 Å². The fourth-order valence-electron chi connectivity index (χ4n) is 2.11. The summed E-state index contributed by atoms with van der Waals surface area (Å²) in [4.78, 5) is 4.58. The maximum absolute atomic E-state index is 13.7. The van der Waals surface area contributed by atoms with Gasteiger partial charge in [0.15, 0.2) is 0 Å². The third kappa shape index (κ3) is 3.67. The normalized spacial score (nSPS) is 11.1. The third-order valence-electron chi connectivity index (χ3n) is 3.18. The second kappa shape index (κ2) is 6.64. The predicted molar refractivity (Wildman–Crippen MR) is 89.1 cm³/mol. The van der Waals surface area contributed by atoms with E-state index in [1.807, 2.05) is 24.3 Å². The zero-order valence-electron chi connectivity index (χ0n) is 11.3. The highest BCUT2D eigenvalue weighted by Crippen LogP contribution is 2.21. The molecule has 21 heavy (non-hydrogen) atoms. The van der Waals surface area contributed by atoms with Crippen LogP contribution >= 0.6 is 27.3 Å². The van der Waals surface area contributed by atoms with Crippen LogP contribution in [0.1, 0.15) is 10.6 Å². The Kier molecular flexibility index (Phi) is 4.63. The number of rotatable bonds is 5. The Morgan fingerprint density at radius 2 is 2.05 bits per heavy atom. The summed E-state index contributed by atoms with van der Waals surface area (Å²) in [5, 5.41) is 4.38. The topological polar surface area (TPSA) is 24.9 Å². The minimum Gasteiger partial charge on any atom is -0.312 e. The summed E-state index contributed by atoms with van der Waals surface area (Å²) in [5.41, 5.74) is 1.74. The predicted octanol–water partition coefficient (Wildman–Crippen LogP) is 4.53. The highest BCUT2D eigenvalue weighted by molar-refractivity contribution is 9.10. The molecule has 0 saturated heterocycles. The van der Waals surface area contributed by atoms with E-state index in [2.05, 4.69) is 32.3 Å². The molecule has 1 heterocycles. The van der Waals surface area contributed by atoms with Crippen molar-refractivity contribution < 1.29 is 4.39 Å². The summed E-state index contributed by atoms with van der Waals surface area (Å²) in [5.74, 6) is -0.183. The molecule has 1 N–H and O–H groups in total. The van der Waals surface area contributed by atoms with Gasteiger partial charge >= 0.3 is 0 Å². The van der Waals surface area contributed by atoms with Gasteiger partial charge in [-0.25, -0.2) is 9.37 Å². The molecule has 0 radical (unpaired) electrons. The van der Waals surface area contributed by atoms with Gasteiger partial charge in [0.1, 0.15) is 5.82 Å². The lowest BCUT2D eigenvalue weighted by molar-refractivity contribution is 0.587. The molecular weight excluding hydrogens is 351 g/mol. The van der Waals surface area contributed by atoms with Gasteiger partial charge in [-0.1, -0.05) is 34.1 Å². The first kappa shape index (κ1) is 14.6. The first-order valence-corrected chi connectivity index (χ1v) is 8.32. The van der Waals surface area contributed by atoms with Gasteiger partial charge in [-0.2, -0.15) is 0 Å². The minimum absolute atomic E-state index is 0.183. The number of fused-ring (bicyclic) bond motifs is 1. The van der Waals surface area contributed by atoms with Crippen LogP contribution in [0, 0.1) is 5.82 Å². The molecule has 2 aromatic carbocycles. The van der Waals surface area contributed by atoms with Crippen molar-refractivity contribution in [3.8, 4) is 0 Å². The number of para-hydroxylation sites is 1. The summed E-state index contributed by atoms with van der Waals surface area (Å²) in [7, 11) is 0. The van der Waals surface area contributed by atoms with Crippen LogP contribution in [0.2, 0.25) is 0 Å². The van der Waals surface area contributed by atoms with E-state index in [-0.39, 0.29) is 5.82 Å². The molecule has 0 unspecified atom stereocenters. The Hall–Kier alpha value is -1.30. The van der Waals surface area contributed by atoms with Gasteiger partial charge in [0.2, 0.25) is 0 Å². The van der Waals surface area contributed by atoms with E-state index in [9.17, 15) is 4.39 Å². The molecule has 108 valence electrons. The lowest BCUT2D eigenvalue weighted by Crippen LogP contribution is -2.17. The van der Waals surface area contributed by atoms with E-state index >= 15 is 0 Å². The number of hydrogen-bond acceptors (Lipinski definition) is 3. The van der Waals surface area contributed by atoms with E-state index < -0.39 is 0 Å². The number of thiazole rings is 1. The van der Waals surface area contributed by atoms with Gasteiger partial charge in [-0.3, -0.25) is 0 Å². The Labute approximate surface area is 135 Å². The van der Waals surface area contributed by atoms with Gasteiger partial charge in [-0.05, 0) is 24.3 Å². The molecule has 0 bridgehead atoms. The maximum atomic E-state index is 13.7. The van der Waals surface area contributed by atoms with Crippen LogP contribution in [-0.2, 0) is 13.0 Å². The fraction of sp³-hybridized carbons (Fsp3) is 0.188. The van der Waals surface area contributed by atoms with Crippen LogP contribution < -0.4 is 5.32 Å². The number of halogens is 2. The van der Waals surface area contributed by atoms with Gasteiger partial charge < -0.3 is 5.32 Å². The molecule has 3 rings (SSSR count). The molecule has 0 fully saturated rings. The van der Waals surface area contributed by atoms with E-state index in [4.69, 9.17) is 0 Å². The maximum Gasteiger partial charge on any atom is 0.128 e. The highest BCUT2D eigenvalue weighted by Gasteiger charge is 2.04. The number of nitrogens with zero attached hydrogens (tertiary/aromatic N) is 1. The standard InChI is InChI=1S/C16H14BrFN2S/c17-12-6-5-11(13(18)9-12)10-19-8-7-16-20-14-3-1-2-4-15(14)21-16/h1-6,9,19H,7-8,10H2. The number of nitrogens with one attached hydrogen (secondary N) is 1. The van der Waals surface area contributed by atoms with Crippen molar-refractivity contribution in [1.29, 1.82) is 0 Å². The van der Waals surface area contributed by atoms with Crippen molar-refractivity contribution in [1.82, 2.24) is 10.3 Å². The molecule has 0 amide bonds. The van der Waals surface area contributed by atoms with Gasteiger partial charge in [0, 0.05) is 29.5 Å². The Morgan fingerprint density at radius 3 is 2.86 bits per heavy atom. The summed E-state index contributed by atoms with van der Waals surface area (Å²) in [6.45, 7) is 1.32. The summed E-state index contributed by atoms with van der Waals surface area (Å²) in [6.07, 6.45) is 0.859. The average molecular weight is 365 g/mol. The van der Waals surface area contributed by atoms with Crippen LogP contribution in [0.4, 0.5) is 4.39 Å². The van der Waals surface area contributed by atoms with Crippen LogP contribution in [-0.4, -0.2) is 11.5 Å².